The number of carbonyl (C=O) groups is 1. The quantitative estimate of drug-likeness (QED) is 0.585. The molecule has 0 fully saturated rings. The molecule has 5 nitrogen and oxygen atoms in total. The molecule has 3 rings (SSSR count). The minimum Gasteiger partial charge on any atom is -0.369 e. The Morgan fingerprint density at radius 3 is 2.40 bits per heavy atom. The molecule has 0 saturated carbocycles. The smallest absolute Gasteiger partial charge is 0.255 e. The van der Waals surface area contributed by atoms with Crippen LogP contribution < -0.4 is 11.1 Å². The van der Waals surface area contributed by atoms with Crippen LogP contribution in [0.3, 0.4) is 0 Å². The number of nitrogens with two attached hydrogens (primary N) is 1. The first kappa shape index (κ1) is 19.1. The van der Waals surface area contributed by atoms with E-state index in [1.807, 2.05) is 25.1 Å². The predicted octanol–water partition coefficient (Wildman–Crippen LogP) is 4.95. The molecule has 2 aromatic carbocycles. The standard InChI is InChI=1S/C17H14Cl2N4O.ClH/c1-9-4-10(15-8-21-17(20)23-15)2-3-14(9)22-16(24)11-5-12(18)7-13(19)6-11;/h2-8H,1H3,(H,22,24)(H3,20,21,23);1H. The highest BCUT2D eigenvalue weighted by Gasteiger charge is 2.11. The number of amides is 1. The van der Waals surface area contributed by atoms with E-state index in [4.69, 9.17) is 28.9 Å². The van der Waals surface area contributed by atoms with Gasteiger partial charge in [-0.2, -0.15) is 0 Å². The Hall–Kier alpha value is -2.21. The van der Waals surface area contributed by atoms with Gasteiger partial charge in [-0.25, -0.2) is 4.98 Å². The van der Waals surface area contributed by atoms with Gasteiger partial charge in [0.2, 0.25) is 0 Å². The van der Waals surface area contributed by atoms with Crippen molar-refractivity contribution in [3.63, 3.8) is 0 Å². The van der Waals surface area contributed by atoms with Crippen molar-refractivity contribution in [2.24, 2.45) is 0 Å². The zero-order chi connectivity index (χ0) is 17.3. The van der Waals surface area contributed by atoms with Crippen molar-refractivity contribution in [2.45, 2.75) is 6.92 Å². The third-order valence-electron chi connectivity index (χ3n) is 3.51. The zero-order valence-corrected chi connectivity index (χ0v) is 15.5. The first-order chi connectivity index (χ1) is 11.4. The number of aromatic amines is 1. The summed E-state index contributed by atoms with van der Waals surface area (Å²) < 4.78 is 0. The van der Waals surface area contributed by atoms with Gasteiger partial charge in [0, 0.05) is 26.9 Å². The van der Waals surface area contributed by atoms with E-state index in [-0.39, 0.29) is 18.3 Å². The van der Waals surface area contributed by atoms with Crippen molar-refractivity contribution < 1.29 is 4.79 Å². The van der Waals surface area contributed by atoms with Crippen molar-refractivity contribution >= 4 is 53.2 Å². The Labute approximate surface area is 161 Å². The number of carbonyl (C=O) groups excluding carboxylic acids is 1. The Kier molecular flexibility index (Phi) is 5.95. The lowest BCUT2D eigenvalue weighted by Gasteiger charge is -2.10. The number of H-pyrrole nitrogens is 1. The molecule has 8 heteroatoms. The van der Waals surface area contributed by atoms with E-state index in [1.165, 1.54) is 0 Å². The summed E-state index contributed by atoms with van der Waals surface area (Å²) in [5.41, 5.74) is 9.35. The van der Waals surface area contributed by atoms with Crippen LogP contribution in [0.4, 0.5) is 11.6 Å². The minimum atomic E-state index is -0.277. The predicted molar refractivity (Wildman–Crippen MR) is 105 cm³/mol. The number of nitrogens with zero attached hydrogens (tertiary/aromatic N) is 1. The lowest BCUT2D eigenvalue weighted by molar-refractivity contribution is 0.102. The number of benzene rings is 2. The molecule has 0 aliphatic heterocycles. The molecule has 0 aliphatic rings. The molecule has 1 aromatic heterocycles. The van der Waals surface area contributed by atoms with Crippen molar-refractivity contribution in [1.82, 2.24) is 9.97 Å². The number of aromatic nitrogens is 2. The molecule has 130 valence electrons. The van der Waals surface area contributed by atoms with Crippen LogP contribution in [0.25, 0.3) is 11.3 Å². The van der Waals surface area contributed by atoms with Crippen LogP contribution in [0.15, 0.2) is 42.6 Å². The lowest BCUT2D eigenvalue weighted by Crippen LogP contribution is -2.12. The molecule has 0 aliphatic carbocycles. The van der Waals surface area contributed by atoms with E-state index in [9.17, 15) is 4.79 Å². The number of imidazole rings is 1. The number of hydrogen-bond donors (Lipinski definition) is 3. The van der Waals surface area contributed by atoms with E-state index in [0.717, 1.165) is 16.8 Å². The van der Waals surface area contributed by atoms with E-state index >= 15 is 0 Å². The minimum absolute atomic E-state index is 0. The number of aryl methyl sites for hydroxylation is 1. The fourth-order valence-corrected chi connectivity index (χ4v) is 2.86. The normalized spacial score (nSPS) is 10.2. The van der Waals surface area contributed by atoms with Crippen LogP contribution in [0, 0.1) is 6.92 Å². The summed E-state index contributed by atoms with van der Waals surface area (Å²) in [5, 5.41) is 3.69. The van der Waals surface area contributed by atoms with Gasteiger partial charge in [-0.05, 0) is 42.8 Å². The highest BCUT2D eigenvalue weighted by molar-refractivity contribution is 6.35. The maximum Gasteiger partial charge on any atom is 0.255 e. The Morgan fingerprint density at radius 2 is 1.84 bits per heavy atom. The SMILES string of the molecule is Cc1cc(-c2cnc(N)[nH]2)ccc1NC(=O)c1cc(Cl)cc(Cl)c1.Cl. The molecule has 3 aromatic rings. The molecule has 0 atom stereocenters. The van der Waals surface area contributed by atoms with Crippen LogP contribution in [-0.4, -0.2) is 15.9 Å². The number of halogens is 3. The average molecular weight is 398 g/mol. The van der Waals surface area contributed by atoms with Crippen LogP contribution >= 0.6 is 35.6 Å². The third-order valence-corrected chi connectivity index (χ3v) is 3.94. The second-order valence-corrected chi connectivity index (χ2v) is 6.20. The van der Waals surface area contributed by atoms with Gasteiger partial charge >= 0.3 is 0 Å². The molecule has 25 heavy (non-hydrogen) atoms. The first-order valence-corrected chi connectivity index (χ1v) is 7.87. The topological polar surface area (TPSA) is 83.8 Å². The van der Waals surface area contributed by atoms with Crippen LogP contribution in [0.2, 0.25) is 10.0 Å². The highest BCUT2D eigenvalue weighted by Crippen LogP contribution is 2.25. The second kappa shape index (κ2) is 7.78. The van der Waals surface area contributed by atoms with Crippen molar-refractivity contribution in [3.05, 3.63) is 63.8 Å². The van der Waals surface area contributed by atoms with E-state index in [2.05, 4.69) is 15.3 Å². The average Bonchev–Trinajstić information content (AvgIpc) is 2.95. The van der Waals surface area contributed by atoms with E-state index in [0.29, 0.717) is 27.2 Å². The third kappa shape index (κ3) is 4.45. The molecule has 0 unspecified atom stereocenters. The first-order valence-electron chi connectivity index (χ1n) is 7.11. The van der Waals surface area contributed by atoms with Gasteiger partial charge in [-0.3, -0.25) is 4.79 Å². The van der Waals surface area contributed by atoms with Crippen LogP contribution in [0.5, 0.6) is 0 Å². The van der Waals surface area contributed by atoms with Crippen LogP contribution in [-0.2, 0) is 0 Å². The fraction of sp³-hybridized carbons (Fsp3) is 0.0588. The Bertz CT molecular complexity index is 904. The van der Waals surface area contributed by atoms with Crippen molar-refractivity contribution in [3.8, 4) is 11.3 Å². The van der Waals surface area contributed by atoms with Gasteiger partial charge in [0.25, 0.3) is 5.91 Å². The summed E-state index contributed by atoms with van der Waals surface area (Å²) in [4.78, 5) is 19.3. The summed E-state index contributed by atoms with van der Waals surface area (Å²) in [7, 11) is 0. The van der Waals surface area contributed by atoms with E-state index in [1.54, 1.807) is 24.4 Å². The van der Waals surface area contributed by atoms with Gasteiger partial charge in [-0.1, -0.05) is 29.3 Å². The maximum absolute atomic E-state index is 12.4. The largest absolute Gasteiger partial charge is 0.369 e. The Balaban J connectivity index is 0.00000225. The maximum atomic E-state index is 12.4. The number of nitrogens with one attached hydrogen (secondary N) is 2. The zero-order valence-electron chi connectivity index (χ0n) is 13.1. The highest BCUT2D eigenvalue weighted by atomic mass is 35.5. The van der Waals surface area contributed by atoms with Gasteiger partial charge in [0.05, 0.1) is 11.9 Å². The molecule has 4 N–H and O–H groups in total. The van der Waals surface area contributed by atoms with E-state index < -0.39 is 0 Å². The number of nitrogen functional groups attached to an aromatic ring is 1. The van der Waals surface area contributed by atoms with Gasteiger partial charge in [-0.15, -0.1) is 12.4 Å². The molecular weight excluding hydrogens is 383 g/mol. The second-order valence-electron chi connectivity index (χ2n) is 5.32. The molecule has 0 saturated heterocycles. The summed E-state index contributed by atoms with van der Waals surface area (Å²) in [6.45, 7) is 1.91. The summed E-state index contributed by atoms with van der Waals surface area (Å²) in [6, 6.07) is 10.4. The number of rotatable bonds is 3. The van der Waals surface area contributed by atoms with Gasteiger partial charge in [0.15, 0.2) is 5.95 Å². The fourth-order valence-electron chi connectivity index (χ4n) is 2.33. The molecule has 0 radical (unpaired) electrons. The number of anilines is 2. The monoisotopic (exact) mass is 396 g/mol. The van der Waals surface area contributed by atoms with Crippen molar-refractivity contribution in [2.75, 3.05) is 11.1 Å². The summed E-state index contributed by atoms with van der Waals surface area (Å²) >= 11 is 11.9. The summed E-state index contributed by atoms with van der Waals surface area (Å²) in [6.07, 6.45) is 1.66. The van der Waals surface area contributed by atoms with Gasteiger partial charge < -0.3 is 16.0 Å². The summed E-state index contributed by atoms with van der Waals surface area (Å²) in [5.74, 6) is 0.0823. The molecular formula is C17H15Cl3N4O. The van der Waals surface area contributed by atoms with Crippen LogP contribution in [0.1, 0.15) is 15.9 Å². The van der Waals surface area contributed by atoms with Crippen molar-refractivity contribution in [1.29, 1.82) is 0 Å². The lowest BCUT2D eigenvalue weighted by atomic mass is 10.1. The molecule has 0 spiro atoms. The van der Waals surface area contributed by atoms with Gasteiger partial charge in [0.1, 0.15) is 0 Å². The Morgan fingerprint density at radius 1 is 1.16 bits per heavy atom. The molecule has 1 heterocycles. The number of hydrogen-bond acceptors (Lipinski definition) is 3. The molecule has 0 bridgehead atoms. The molecule has 1 amide bonds.